The van der Waals surface area contributed by atoms with E-state index in [1.54, 1.807) is 5.56 Å². The maximum Gasteiger partial charge on any atom is -0.00181 e. The number of hydrogen-bond donors (Lipinski definition) is 0. The molecule has 61 valence electrons. The lowest BCUT2D eigenvalue weighted by Crippen LogP contribution is -2.08. The summed E-state index contributed by atoms with van der Waals surface area (Å²) < 4.78 is 0. The van der Waals surface area contributed by atoms with E-state index in [2.05, 4.69) is 30.3 Å². The van der Waals surface area contributed by atoms with Crippen LogP contribution in [0.5, 0.6) is 0 Å². The summed E-state index contributed by atoms with van der Waals surface area (Å²) in [6, 6.07) is 11.7. The molecule has 0 nitrogen and oxygen atoms in total. The molecule has 2 aliphatic carbocycles. The van der Waals surface area contributed by atoms with E-state index in [0.29, 0.717) is 5.41 Å². The van der Waals surface area contributed by atoms with E-state index < -0.39 is 0 Å². The minimum atomic E-state index is 0.634. The number of rotatable bonds is 2. The Balaban J connectivity index is 1.97. The maximum absolute atomic E-state index is 3.09. The van der Waals surface area contributed by atoms with Gasteiger partial charge in [0.1, 0.15) is 0 Å². The van der Waals surface area contributed by atoms with Crippen LogP contribution >= 0.6 is 0 Å². The summed E-state index contributed by atoms with van der Waals surface area (Å²) in [4.78, 5) is 0. The van der Waals surface area contributed by atoms with Gasteiger partial charge in [-0.05, 0) is 48.6 Å². The van der Waals surface area contributed by atoms with E-state index in [9.17, 15) is 0 Å². The lowest BCUT2D eigenvalue weighted by atomic mass is 9.91. The molecule has 12 heavy (non-hydrogen) atoms. The average Bonchev–Trinajstić information content (AvgIpc) is 2.99. The molecular weight excluding hydrogens is 144 g/mol. The third-order valence-electron chi connectivity index (χ3n) is 3.44. The van der Waals surface area contributed by atoms with E-state index in [4.69, 9.17) is 0 Å². The Kier molecular flexibility index (Phi) is 1.19. The highest BCUT2D eigenvalue weighted by molar-refractivity contribution is 5.33. The van der Waals surface area contributed by atoms with Gasteiger partial charge in [-0.3, -0.25) is 0 Å². The average molecular weight is 157 g/mol. The van der Waals surface area contributed by atoms with Crippen LogP contribution in [0.2, 0.25) is 0 Å². The van der Waals surface area contributed by atoms with E-state index in [1.807, 2.05) is 0 Å². The molecule has 0 amide bonds. The monoisotopic (exact) mass is 157 g/mol. The fraction of sp³-hybridized carbons (Fsp3) is 0.500. The van der Waals surface area contributed by atoms with Gasteiger partial charge in [0.15, 0.2) is 0 Å². The molecule has 0 bridgehead atoms. The molecule has 0 aromatic heterocycles. The first kappa shape index (κ1) is 6.71. The van der Waals surface area contributed by atoms with Crippen LogP contribution in [0, 0.1) is 12.0 Å². The Labute approximate surface area is 73.6 Å². The van der Waals surface area contributed by atoms with Gasteiger partial charge in [-0.25, -0.2) is 0 Å². The van der Waals surface area contributed by atoms with Gasteiger partial charge in [-0.2, -0.15) is 0 Å². The Bertz CT molecular complexity index is 278. The topological polar surface area (TPSA) is 0 Å². The van der Waals surface area contributed by atoms with Crippen LogP contribution in [-0.4, -0.2) is 0 Å². The molecule has 0 heteroatoms. The van der Waals surface area contributed by atoms with Crippen LogP contribution in [0.15, 0.2) is 24.3 Å². The molecule has 0 aliphatic heterocycles. The summed E-state index contributed by atoms with van der Waals surface area (Å²) in [6.45, 7) is 0. The molecule has 0 spiro atoms. The van der Waals surface area contributed by atoms with Crippen LogP contribution in [-0.2, 0) is 5.41 Å². The second-order valence-electron chi connectivity index (χ2n) is 4.22. The van der Waals surface area contributed by atoms with Crippen molar-refractivity contribution >= 4 is 0 Å². The van der Waals surface area contributed by atoms with Gasteiger partial charge in [0.2, 0.25) is 0 Å². The highest BCUT2D eigenvalue weighted by atomic mass is 14.6. The maximum atomic E-state index is 3.09. The fourth-order valence-corrected chi connectivity index (χ4v) is 2.42. The van der Waals surface area contributed by atoms with Gasteiger partial charge in [-0.15, -0.1) is 0 Å². The Morgan fingerprint density at radius 2 is 1.83 bits per heavy atom. The van der Waals surface area contributed by atoms with Crippen LogP contribution in [0.25, 0.3) is 0 Å². The third-order valence-corrected chi connectivity index (χ3v) is 3.44. The lowest BCUT2D eigenvalue weighted by Gasteiger charge is -2.13. The van der Waals surface area contributed by atoms with Crippen molar-refractivity contribution in [1.82, 2.24) is 0 Å². The van der Waals surface area contributed by atoms with Gasteiger partial charge in [0.05, 0.1) is 0 Å². The molecule has 3 rings (SSSR count). The van der Waals surface area contributed by atoms with E-state index in [1.165, 1.54) is 25.7 Å². The lowest BCUT2D eigenvalue weighted by molar-refractivity contribution is 0.597. The third kappa shape index (κ3) is 0.841. The molecule has 2 saturated carbocycles. The summed E-state index contributed by atoms with van der Waals surface area (Å²) >= 11 is 0. The zero-order valence-corrected chi connectivity index (χ0v) is 7.22. The van der Waals surface area contributed by atoms with Gasteiger partial charge in [0.25, 0.3) is 0 Å². The van der Waals surface area contributed by atoms with Gasteiger partial charge in [-0.1, -0.05) is 24.3 Å². The highest BCUT2D eigenvalue weighted by Crippen LogP contribution is 2.62. The van der Waals surface area contributed by atoms with Crippen molar-refractivity contribution in [1.29, 1.82) is 0 Å². The zero-order valence-electron chi connectivity index (χ0n) is 7.22. The molecule has 2 fully saturated rings. The molecule has 0 N–H and O–H groups in total. The van der Waals surface area contributed by atoms with Crippen molar-refractivity contribution in [3.05, 3.63) is 35.9 Å². The predicted octanol–water partition coefficient (Wildman–Crippen LogP) is 2.93. The first-order chi connectivity index (χ1) is 5.92. The summed E-state index contributed by atoms with van der Waals surface area (Å²) in [7, 11) is 0. The molecule has 1 aromatic carbocycles. The Morgan fingerprint density at radius 3 is 2.33 bits per heavy atom. The zero-order chi connectivity index (χ0) is 8.02. The first-order valence-electron chi connectivity index (χ1n) is 4.88. The van der Waals surface area contributed by atoms with Crippen molar-refractivity contribution in [2.45, 2.75) is 31.1 Å². The quantitative estimate of drug-likeness (QED) is 0.619. The summed E-state index contributed by atoms with van der Waals surface area (Å²) in [6.07, 6.45) is 5.81. The first-order valence-corrected chi connectivity index (χ1v) is 4.88. The van der Waals surface area contributed by atoms with E-state index in [0.717, 1.165) is 5.92 Å². The predicted molar refractivity (Wildman–Crippen MR) is 48.9 cm³/mol. The molecule has 0 unspecified atom stereocenters. The second kappa shape index (κ2) is 2.12. The van der Waals surface area contributed by atoms with Crippen LogP contribution in [0.1, 0.15) is 31.2 Å². The molecule has 2 aliphatic rings. The van der Waals surface area contributed by atoms with Crippen molar-refractivity contribution in [2.24, 2.45) is 5.92 Å². The standard InChI is InChI=1S/C12H13/c1-2-4-10(5-3-1)12(8-9-12)11-6-7-11/h2-5,11H,6-9H2. The Hall–Kier alpha value is -0.780. The summed E-state index contributed by atoms with van der Waals surface area (Å²) in [5.74, 6) is 1.03. The van der Waals surface area contributed by atoms with Crippen LogP contribution < -0.4 is 0 Å². The van der Waals surface area contributed by atoms with Crippen LogP contribution in [0.4, 0.5) is 0 Å². The van der Waals surface area contributed by atoms with E-state index in [-0.39, 0.29) is 0 Å². The summed E-state index contributed by atoms with van der Waals surface area (Å²) in [5, 5.41) is 0. The highest BCUT2D eigenvalue weighted by Gasteiger charge is 2.54. The normalized spacial score (nSPS) is 25.3. The van der Waals surface area contributed by atoms with Crippen molar-refractivity contribution in [3.63, 3.8) is 0 Å². The Morgan fingerprint density at radius 1 is 1.17 bits per heavy atom. The molecule has 0 heterocycles. The minimum Gasteiger partial charge on any atom is -0.0579 e. The van der Waals surface area contributed by atoms with E-state index >= 15 is 0 Å². The SMILES string of the molecule is [c]1ccc(C2(C3CC3)CC2)cc1. The molecule has 1 aromatic rings. The van der Waals surface area contributed by atoms with Crippen molar-refractivity contribution in [3.8, 4) is 0 Å². The molecule has 0 saturated heterocycles. The summed E-state index contributed by atoms with van der Waals surface area (Å²) in [5.41, 5.74) is 2.21. The minimum absolute atomic E-state index is 0.634. The van der Waals surface area contributed by atoms with Crippen LogP contribution in [0.3, 0.4) is 0 Å². The number of hydrogen-bond acceptors (Lipinski definition) is 0. The molecule has 1 radical (unpaired) electrons. The van der Waals surface area contributed by atoms with Gasteiger partial charge >= 0.3 is 0 Å². The largest absolute Gasteiger partial charge is 0.0579 e. The van der Waals surface area contributed by atoms with Crippen molar-refractivity contribution < 1.29 is 0 Å². The fourth-order valence-electron chi connectivity index (χ4n) is 2.42. The van der Waals surface area contributed by atoms with Gasteiger partial charge in [0, 0.05) is 0 Å². The van der Waals surface area contributed by atoms with Crippen molar-refractivity contribution in [2.75, 3.05) is 0 Å². The number of benzene rings is 1. The second-order valence-corrected chi connectivity index (χ2v) is 4.22. The molecule has 0 atom stereocenters. The van der Waals surface area contributed by atoms with Gasteiger partial charge < -0.3 is 0 Å². The smallest absolute Gasteiger partial charge is 0.00181 e. The molecular formula is C12H13.